The predicted molar refractivity (Wildman–Crippen MR) is 82.9 cm³/mol. The molecule has 0 saturated heterocycles. The number of fused-ring (bicyclic) bond motifs is 1. The summed E-state index contributed by atoms with van der Waals surface area (Å²) in [6.07, 6.45) is 4.67. The smallest absolute Gasteiger partial charge is 0.220 e. The molecule has 5 heteroatoms. The lowest BCUT2D eigenvalue weighted by Crippen LogP contribution is -2.28. The predicted octanol–water partition coefficient (Wildman–Crippen LogP) is 3.01. The molecule has 0 radical (unpaired) electrons. The van der Waals surface area contributed by atoms with E-state index in [-0.39, 0.29) is 17.8 Å². The second-order valence-corrected chi connectivity index (χ2v) is 6.85. The van der Waals surface area contributed by atoms with E-state index in [9.17, 15) is 9.18 Å². The fourth-order valence-electron chi connectivity index (χ4n) is 2.65. The molecule has 1 amide bonds. The summed E-state index contributed by atoms with van der Waals surface area (Å²) < 4.78 is 13.8. The average molecular weight is 308 g/mol. The van der Waals surface area contributed by atoms with Crippen LogP contribution in [0, 0.1) is 5.82 Å². The van der Waals surface area contributed by atoms with Gasteiger partial charge in [-0.1, -0.05) is 12.1 Å². The molecule has 2 N–H and O–H groups in total. The van der Waals surface area contributed by atoms with Crippen LogP contribution in [0.25, 0.3) is 0 Å². The molecule has 114 valence electrons. The summed E-state index contributed by atoms with van der Waals surface area (Å²) in [7, 11) is 0. The Bertz CT molecular complexity index is 519. The number of hydrogen-bond donors (Lipinski definition) is 2. The summed E-state index contributed by atoms with van der Waals surface area (Å²) in [5.41, 5.74) is 1.06. The minimum atomic E-state index is -0.118. The van der Waals surface area contributed by atoms with Gasteiger partial charge in [-0.15, -0.1) is 11.8 Å². The summed E-state index contributed by atoms with van der Waals surface area (Å²) in [4.78, 5) is 12.4. The topological polar surface area (TPSA) is 41.1 Å². The lowest BCUT2D eigenvalue weighted by atomic mass is 10.0. The van der Waals surface area contributed by atoms with E-state index >= 15 is 0 Å². The first-order valence-electron chi connectivity index (χ1n) is 7.68. The van der Waals surface area contributed by atoms with Crippen LogP contribution in [0.2, 0.25) is 0 Å². The molecule has 1 unspecified atom stereocenters. The third kappa shape index (κ3) is 3.98. The van der Waals surface area contributed by atoms with Crippen LogP contribution >= 0.6 is 11.8 Å². The largest absolute Gasteiger partial charge is 0.353 e. The molecule has 0 bridgehead atoms. The van der Waals surface area contributed by atoms with Crippen molar-refractivity contribution in [2.24, 2.45) is 0 Å². The lowest BCUT2D eigenvalue weighted by molar-refractivity contribution is -0.121. The van der Waals surface area contributed by atoms with Crippen LogP contribution < -0.4 is 10.6 Å². The molecule has 2 aliphatic rings. The Morgan fingerprint density at radius 3 is 3.00 bits per heavy atom. The van der Waals surface area contributed by atoms with Crippen molar-refractivity contribution in [1.82, 2.24) is 10.6 Å². The minimum Gasteiger partial charge on any atom is -0.353 e. The molecule has 0 aromatic heterocycles. The number of rotatable bonds is 6. The molecule has 1 aliphatic heterocycles. The van der Waals surface area contributed by atoms with Gasteiger partial charge in [0, 0.05) is 23.4 Å². The summed E-state index contributed by atoms with van der Waals surface area (Å²) in [6.45, 7) is 0.795. The van der Waals surface area contributed by atoms with Gasteiger partial charge in [-0.3, -0.25) is 4.79 Å². The maximum atomic E-state index is 13.8. The van der Waals surface area contributed by atoms with Crippen LogP contribution in [-0.4, -0.2) is 24.2 Å². The molecule has 3 rings (SSSR count). The number of benzene rings is 1. The van der Waals surface area contributed by atoms with Gasteiger partial charge in [0.15, 0.2) is 0 Å². The van der Waals surface area contributed by atoms with Crippen LogP contribution in [0.15, 0.2) is 23.1 Å². The first-order chi connectivity index (χ1) is 10.2. The Labute approximate surface area is 129 Å². The van der Waals surface area contributed by atoms with Crippen molar-refractivity contribution in [3.63, 3.8) is 0 Å². The second-order valence-electron chi connectivity index (χ2n) is 5.75. The average Bonchev–Trinajstić information content (AvgIpc) is 3.28. The van der Waals surface area contributed by atoms with Crippen molar-refractivity contribution >= 4 is 17.7 Å². The normalized spacial score (nSPS) is 20.9. The zero-order chi connectivity index (χ0) is 14.7. The van der Waals surface area contributed by atoms with Crippen molar-refractivity contribution in [2.75, 3.05) is 12.3 Å². The second kappa shape index (κ2) is 6.79. The van der Waals surface area contributed by atoms with Crippen LogP contribution in [-0.2, 0) is 4.79 Å². The Hall–Kier alpha value is -1.07. The van der Waals surface area contributed by atoms with Crippen LogP contribution in [0.4, 0.5) is 4.39 Å². The molecule has 1 heterocycles. The molecule has 21 heavy (non-hydrogen) atoms. The van der Waals surface area contributed by atoms with Gasteiger partial charge in [-0.25, -0.2) is 4.39 Å². The fraction of sp³-hybridized carbons (Fsp3) is 0.562. The van der Waals surface area contributed by atoms with Crippen molar-refractivity contribution in [2.45, 2.75) is 49.1 Å². The lowest BCUT2D eigenvalue weighted by Gasteiger charge is -2.26. The fourth-order valence-corrected chi connectivity index (χ4v) is 3.79. The highest BCUT2D eigenvalue weighted by Gasteiger charge is 2.24. The van der Waals surface area contributed by atoms with Crippen LogP contribution in [0.5, 0.6) is 0 Å². The maximum Gasteiger partial charge on any atom is 0.220 e. The third-order valence-electron chi connectivity index (χ3n) is 3.94. The first-order valence-corrected chi connectivity index (χ1v) is 8.66. The highest BCUT2D eigenvalue weighted by Crippen LogP contribution is 2.37. The molecule has 1 aromatic carbocycles. The minimum absolute atomic E-state index is 0.118. The summed E-state index contributed by atoms with van der Waals surface area (Å²) in [5, 5.41) is 6.47. The van der Waals surface area contributed by atoms with E-state index in [1.165, 1.54) is 6.07 Å². The molecule has 3 nitrogen and oxygen atoms in total. The van der Waals surface area contributed by atoms with E-state index in [1.807, 2.05) is 6.07 Å². The molecule has 1 aromatic rings. The third-order valence-corrected chi connectivity index (χ3v) is 5.10. The van der Waals surface area contributed by atoms with Gasteiger partial charge in [0.25, 0.3) is 0 Å². The monoisotopic (exact) mass is 308 g/mol. The Kier molecular flexibility index (Phi) is 4.80. The number of hydrogen-bond acceptors (Lipinski definition) is 3. The highest BCUT2D eigenvalue weighted by atomic mass is 32.2. The maximum absolute atomic E-state index is 13.8. The molecule has 1 atom stereocenters. The van der Waals surface area contributed by atoms with E-state index in [4.69, 9.17) is 0 Å². The van der Waals surface area contributed by atoms with Crippen LogP contribution in [0.3, 0.4) is 0 Å². The molecule has 1 aliphatic carbocycles. The first kappa shape index (κ1) is 14.9. The number of nitrogens with one attached hydrogen (secondary N) is 2. The van der Waals surface area contributed by atoms with E-state index in [0.717, 1.165) is 48.4 Å². The molecular weight excluding hydrogens is 287 g/mol. The quantitative estimate of drug-likeness (QED) is 0.794. The standard InChI is InChI=1S/C16H21FN2OS/c17-13-4-1-3-12-14(8-10-21-16(12)13)18-9-2-5-15(20)19-11-6-7-11/h1,3-4,11,14,18H,2,5-10H2,(H,19,20). The van der Waals surface area contributed by atoms with Gasteiger partial charge >= 0.3 is 0 Å². The Morgan fingerprint density at radius 2 is 2.19 bits per heavy atom. The summed E-state index contributed by atoms with van der Waals surface area (Å²) in [5.74, 6) is 0.978. The van der Waals surface area contributed by atoms with Gasteiger partial charge in [0.05, 0.1) is 0 Å². The SMILES string of the molecule is O=C(CCCNC1CCSc2c(F)cccc21)NC1CC1. The molecular formula is C16H21FN2OS. The van der Waals surface area contributed by atoms with E-state index in [0.29, 0.717) is 12.5 Å². The molecule has 1 fully saturated rings. The molecule has 1 saturated carbocycles. The van der Waals surface area contributed by atoms with E-state index < -0.39 is 0 Å². The van der Waals surface area contributed by atoms with Gasteiger partial charge < -0.3 is 10.6 Å². The number of carbonyl (C=O) groups is 1. The number of halogens is 1. The highest BCUT2D eigenvalue weighted by molar-refractivity contribution is 7.99. The van der Waals surface area contributed by atoms with E-state index in [1.54, 1.807) is 17.8 Å². The summed E-state index contributed by atoms with van der Waals surface area (Å²) >= 11 is 1.60. The van der Waals surface area contributed by atoms with Crippen LogP contribution in [0.1, 0.15) is 43.7 Å². The van der Waals surface area contributed by atoms with Gasteiger partial charge in [0.1, 0.15) is 5.82 Å². The number of thioether (sulfide) groups is 1. The Balaban J connectivity index is 1.46. The molecule has 0 spiro atoms. The van der Waals surface area contributed by atoms with Gasteiger partial charge in [-0.05, 0) is 49.6 Å². The van der Waals surface area contributed by atoms with Crippen molar-refractivity contribution in [3.05, 3.63) is 29.6 Å². The van der Waals surface area contributed by atoms with Gasteiger partial charge in [0.2, 0.25) is 5.91 Å². The van der Waals surface area contributed by atoms with Gasteiger partial charge in [-0.2, -0.15) is 0 Å². The zero-order valence-corrected chi connectivity index (χ0v) is 12.8. The van der Waals surface area contributed by atoms with Crippen molar-refractivity contribution < 1.29 is 9.18 Å². The Morgan fingerprint density at radius 1 is 1.33 bits per heavy atom. The van der Waals surface area contributed by atoms with Crippen molar-refractivity contribution in [3.8, 4) is 0 Å². The number of carbonyl (C=O) groups excluding carboxylic acids is 1. The summed E-state index contributed by atoms with van der Waals surface area (Å²) in [6, 6.07) is 5.95. The zero-order valence-electron chi connectivity index (χ0n) is 12.0. The van der Waals surface area contributed by atoms with Crippen molar-refractivity contribution in [1.29, 1.82) is 0 Å². The number of amides is 1. The van der Waals surface area contributed by atoms with E-state index in [2.05, 4.69) is 10.6 Å².